The monoisotopic (exact) mass is 712 g/mol. The van der Waals surface area contributed by atoms with E-state index in [9.17, 15) is 0 Å². The Morgan fingerprint density at radius 3 is 1.48 bits per heavy atom. The zero-order chi connectivity index (χ0) is 36.2. The molecule has 8 aromatic rings. The van der Waals surface area contributed by atoms with Gasteiger partial charge < -0.3 is 24.0 Å². The number of fused-ring (bicyclic) bond motifs is 14. The first-order valence-corrected chi connectivity index (χ1v) is 19.4. The van der Waals surface area contributed by atoms with Gasteiger partial charge in [0.1, 0.15) is 34.5 Å². The normalized spacial score (nSPS) is 14.7. The molecule has 0 saturated carbocycles. The number of hydrogen-bond acceptors (Lipinski definition) is 5. The van der Waals surface area contributed by atoms with Crippen molar-refractivity contribution in [3.63, 3.8) is 0 Å². The van der Waals surface area contributed by atoms with E-state index < -0.39 is 0 Å². The lowest BCUT2D eigenvalue weighted by Gasteiger charge is -2.49. The third kappa shape index (κ3) is 3.56. The van der Waals surface area contributed by atoms with Crippen LogP contribution in [0.4, 0.5) is 34.1 Å². The van der Waals surface area contributed by atoms with Crippen molar-refractivity contribution in [3.8, 4) is 34.5 Å². The van der Waals surface area contributed by atoms with E-state index in [1.165, 1.54) is 50.1 Å². The van der Waals surface area contributed by atoms with Gasteiger partial charge in [-0.05, 0) is 92.2 Å². The summed E-state index contributed by atoms with van der Waals surface area (Å²) in [5, 5.41) is 0. The topological polar surface area (TPSA) is 34.2 Å². The van der Waals surface area contributed by atoms with Gasteiger partial charge in [-0.25, -0.2) is 0 Å². The van der Waals surface area contributed by atoms with E-state index in [-0.39, 0.29) is 20.1 Å². The minimum absolute atomic E-state index is 0.0361. The average Bonchev–Trinajstić information content (AvgIpc) is 3.25. The first-order chi connectivity index (χ1) is 27.8. The van der Waals surface area contributed by atoms with Crippen molar-refractivity contribution < 1.29 is 14.2 Å². The first-order valence-electron chi connectivity index (χ1n) is 19.4. The van der Waals surface area contributed by atoms with Crippen molar-refractivity contribution in [1.29, 1.82) is 0 Å². The van der Waals surface area contributed by atoms with E-state index in [1.807, 2.05) is 12.1 Å². The Kier molecular flexibility index (Phi) is 5.43. The maximum Gasteiger partial charge on any atom is 0.260 e. The summed E-state index contributed by atoms with van der Waals surface area (Å²) in [6, 6.07) is 59.0. The van der Waals surface area contributed by atoms with Gasteiger partial charge in [-0.2, -0.15) is 0 Å². The van der Waals surface area contributed by atoms with Gasteiger partial charge in [-0.1, -0.05) is 103 Å². The van der Waals surface area contributed by atoms with Crippen LogP contribution >= 0.6 is 0 Å². The highest BCUT2D eigenvalue weighted by molar-refractivity contribution is 7.05. The first kappa shape index (κ1) is 29.3. The molecule has 0 bridgehead atoms. The molecule has 5 nitrogen and oxygen atoms in total. The largest absolute Gasteiger partial charge is 0.458 e. The standard InChI is InChI=1S/C48H27B3N2O3/c1-2-13-28(14-3-1)52-35-19-8-4-15-29(35)49-30-16-5-9-20-36(30)53-37-21-10-6-17-31(37)50-33-25-34-42(27-43(33)56-44-26-38(52)45(49)48(53)47(44)50)55-41-24-12-23-40-46(41)51(34)32-18-7-11-22-39(32)54-40/h1-27H. The van der Waals surface area contributed by atoms with Crippen LogP contribution in [-0.4, -0.2) is 20.1 Å². The van der Waals surface area contributed by atoms with Crippen LogP contribution in [0.25, 0.3) is 0 Å². The van der Waals surface area contributed by atoms with Crippen LogP contribution in [0.1, 0.15) is 0 Å². The highest BCUT2D eigenvalue weighted by Gasteiger charge is 2.51. The number of anilines is 6. The molecule has 6 aliphatic heterocycles. The van der Waals surface area contributed by atoms with Crippen LogP contribution < -0.4 is 73.2 Å². The Balaban J connectivity index is 1.08. The van der Waals surface area contributed by atoms with E-state index in [4.69, 9.17) is 14.2 Å². The highest BCUT2D eigenvalue weighted by Crippen LogP contribution is 2.48. The zero-order valence-electron chi connectivity index (χ0n) is 29.9. The van der Waals surface area contributed by atoms with Gasteiger partial charge in [0.2, 0.25) is 0 Å². The summed E-state index contributed by atoms with van der Waals surface area (Å²) in [6.45, 7) is -0.0513. The Morgan fingerprint density at radius 1 is 0.304 bits per heavy atom. The summed E-state index contributed by atoms with van der Waals surface area (Å²) in [5.74, 6) is 5.08. The molecule has 0 aliphatic carbocycles. The second-order valence-electron chi connectivity index (χ2n) is 15.5. The summed E-state index contributed by atoms with van der Waals surface area (Å²) in [4.78, 5) is 4.96. The van der Waals surface area contributed by atoms with Gasteiger partial charge in [-0.3, -0.25) is 0 Å². The van der Waals surface area contributed by atoms with Gasteiger partial charge >= 0.3 is 0 Å². The summed E-state index contributed by atoms with van der Waals surface area (Å²) in [7, 11) is 0. The molecule has 6 aliphatic rings. The molecule has 0 unspecified atom stereocenters. The van der Waals surface area contributed by atoms with Gasteiger partial charge in [0, 0.05) is 51.7 Å². The average molecular weight is 712 g/mol. The van der Waals surface area contributed by atoms with Crippen LogP contribution in [0.15, 0.2) is 164 Å². The molecule has 0 saturated heterocycles. The van der Waals surface area contributed by atoms with Crippen molar-refractivity contribution in [2.24, 2.45) is 0 Å². The number of ether oxygens (including phenoxy) is 3. The zero-order valence-corrected chi connectivity index (χ0v) is 29.9. The molecule has 0 N–H and O–H groups in total. The van der Waals surface area contributed by atoms with Crippen molar-refractivity contribution in [3.05, 3.63) is 164 Å². The highest BCUT2D eigenvalue weighted by atomic mass is 16.5. The smallest absolute Gasteiger partial charge is 0.260 e. The number of benzene rings is 8. The molecular weight excluding hydrogens is 685 g/mol. The molecule has 8 heteroatoms. The molecule has 6 heterocycles. The third-order valence-corrected chi connectivity index (χ3v) is 12.8. The van der Waals surface area contributed by atoms with Crippen molar-refractivity contribution in [2.45, 2.75) is 0 Å². The summed E-state index contributed by atoms with van der Waals surface area (Å²) < 4.78 is 20.5. The van der Waals surface area contributed by atoms with E-state index in [1.54, 1.807) is 0 Å². The second-order valence-corrected chi connectivity index (χ2v) is 15.5. The number of para-hydroxylation sites is 5. The Labute approximate surface area is 324 Å². The molecule has 0 spiro atoms. The predicted octanol–water partition coefficient (Wildman–Crippen LogP) is 5.43. The Morgan fingerprint density at radius 2 is 0.804 bits per heavy atom. The molecule has 0 aromatic heterocycles. The van der Waals surface area contributed by atoms with E-state index >= 15 is 0 Å². The molecule has 8 aromatic carbocycles. The maximum absolute atomic E-state index is 7.25. The fraction of sp³-hybridized carbons (Fsp3) is 0. The van der Waals surface area contributed by atoms with E-state index in [0.29, 0.717) is 0 Å². The van der Waals surface area contributed by atoms with Crippen LogP contribution in [0, 0.1) is 0 Å². The molecule has 0 atom stereocenters. The summed E-state index contributed by atoms with van der Waals surface area (Å²) >= 11 is 0. The lowest BCUT2D eigenvalue weighted by Crippen LogP contribution is -2.68. The molecular formula is C48H27B3N2O3. The molecule has 256 valence electrons. The summed E-state index contributed by atoms with van der Waals surface area (Å²) in [5.41, 5.74) is 18.0. The number of nitrogens with zero attached hydrogens (tertiary/aromatic N) is 2. The Hall–Kier alpha value is -7.05. The van der Waals surface area contributed by atoms with E-state index in [2.05, 4.69) is 161 Å². The van der Waals surface area contributed by atoms with Crippen LogP contribution in [-0.2, 0) is 0 Å². The third-order valence-electron chi connectivity index (χ3n) is 12.8. The SMILES string of the molecule is c1ccc(N2c3ccccc3B3c4ccccc4N4c5ccccc5B5c6cc7c(cc6Oc6cc2c3c4c65)Oc2cccc3c2B7c2ccccc2O3)cc1. The molecule has 0 amide bonds. The quantitative estimate of drug-likeness (QED) is 0.212. The van der Waals surface area contributed by atoms with Gasteiger partial charge in [0.05, 0.1) is 0 Å². The van der Waals surface area contributed by atoms with Crippen molar-refractivity contribution in [2.75, 3.05) is 9.80 Å². The minimum Gasteiger partial charge on any atom is -0.458 e. The number of rotatable bonds is 1. The van der Waals surface area contributed by atoms with Crippen LogP contribution in [0.5, 0.6) is 34.5 Å². The van der Waals surface area contributed by atoms with Gasteiger partial charge in [0.25, 0.3) is 20.1 Å². The van der Waals surface area contributed by atoms with Crippen molar-refractivity contribution >= 4 is 103 Å². The Bertz CT molecular complexity index is 3070. The lowest BCUT2D eigenvalue weighted by atomic mass is 9.28. The molecule has 14 rings (SSSR count). The van der Waals surface area contributed by atoms with Crippen molar-refractivity contribution in [1.82, 2.24) is 0 Å². The second kappa shape index (κ2) is 10.4. The maximum atomic E-state index is 7.25. The van der Waals surface area contributed by atoms with E-state index in [0.717, 1.165) is 67.7 Å². The van der Waals surface area contributed by atoms with Crippen LogP contribution in [0.3, 0.4) is 0 Å². The van der Waals surface area contributed by atoms with Gasteiger partial charge in [-0.15, -0.1) is 0 Å². The fourth-order valence-electron chi connectivity index (χ4n) is 10.7. The minimum atomic E-state index is -0.0632. The molecule has 0 radical (unpaired) electrons. The molecule has 0 fully saturated rings. The molecule has 56 heavy (non-hydrogen) atoms. The van der Waals surface area contributed by atoms with Gasteiger partial charge in [0.15, 0.2) is 0 Å². The number of hydrogen-bond donors (Lipinski definition) is 0. The fourth-order valence-corrected chi connectivity index (χ4v) is 10.7. The summed E-state index contributed by atoms with van der Waals surface area (Å²) in [6.07, 6.45) is 0. The lowest BCUT2D eigenvalue weighted by molar-refractivity contribution is 0.456. The van der Waals surface area contributed by atoms with Crippen LogP contribution in [0.2, 0.25) is 0 Å². The predicted molar refractivity (Wildman–Crippen MR) is 229 cm³/mol.